The molecule has 0 saturated carbocycles. The summed E-state index contributed by atoms with van der Waals surface area (Å²) >= 11 is 8.31. The Labute approximate surface area is 209 Å². The van der Waals surface area contributed by atoms with Crippen LogP contribution < -0.4 is 4.74 Å². The lowest BCUT2D eigenvalue weighted by molar-refractivity contribution is -0.152. The van der Waals surface area contributed by atoms with Gasteiger partial charge in [-0.05, 0) is 81.1 Å². The summed E-state index contributed by atoms with van der Waals surface area (Å²) in [5.74, 6) is 1.07. The maximum Gasteiger partial charge on any atom is 0.309 e. The van der Waals surface area contributed by atoms with Crippen LogP contribution >= 0.6 is 23.4 Å². The molecule has 4 rings (SSSR count). The third kappa shape index (κ3) is 5.82. The first-order valence-corrected chi connectivity index (χ1v) is 13.0. The number of methoxy groups -OCH3 is 1. The highest BCUT2D eigenvalue weighted by Gasteiger charge is 2.40. The van der Waals surface area contributed by atoms with Gasteiger partial charge in [0.15, 0.2) is 0 Å². The smallest absolute Gasteiger partial charge is 0.309 e. The van der Waals surface area contributed by atoms with Crippen molar-refractivity contribution in [3.05, 3.63) is 59.5 Å². The van der Waals surface area contributed by atoms with Gasteiger partial charge in [0.05, 0.1) is 23.1 Å². The molecule has 34 heavy (non-hydrogen) atoms. The Morgan fingerprint density at radius 3 is 2.71 bits per heavy atom. The van der Waals surface area contributed by atoms with Crippen LogP contribution in [0.15, 0.2) is 53.8 Å². The van der Waals surface area contributed by atoms with E-state index in [-0.39, 0.29) is 0 Å². The van der Waals surface area contributed by atoms with Crippen LogP contribution in [0.2, 0.25) is 5.02 Å². The Kier molecular flexibility index (Phi) is 8.29. The van der Waals surface area contributed by atoms with E-state index in [1.165, 1.54) is 4.90 Å². The number of carboxylic acid groups (broad SMARTS) is 1. The second kappa shape index (κ2) is 11.4. The third-order valence-corrected chi connectivity index (χ3v) is 8.13. The van der Waals surface area contributed by atoms with Crippen LogP contribution in [-0.2, 0) is 11.2 Å². The first-order valence-electron chi connectivity index (χ1n) is 11.6. The van der Waals surface area contributed by atoms with Crippen LogP contribution in [0.1, 0.15) is 31.2 Å². The molecule has 1 saturated heterocycles. The summed E-state index contributed by atoms with van der Waals surface area (Å²) < 4.78 is 5.37. The number of nitrogens with zero attached hydrogens (tertiary/aromatic N) is 3. The maximum absolute atomic E-state index is 12.3. The fourth-order valence-electron chi connectivity index (χ4n) is 4.69. The number of likely N-dealkylation sites (tertiary alicyclic amines) is 1. The van der Waals surface area contributed by atoms with Crippen LogP contribution in [0.25, 0.3) is 10.9 Å². The van der Waals surface area contributed by atoms with Crippen LogP contribution in [-0.4, -0.2) is 58.4 Å². The second-order valence-corrected chi connectivity index (χ2v) is 10.4. The molecule has 3 heterocycles. The number of rotatable bonds is 10. The predicted octanol–water partition coefficient (Wildman–Crippen LogP) is 5.57. The van der Waals surface area contributed by atoms with Crippen LogP contribution in [0.4, 0.5) is 0 Å². The fraction of sp³-hybridized carbons (Fsp3) is 0.423. The highest BCUT2D eigenvalue weighted by atomic mass is 35.5. The summed E-state index contributed by atoms with van der Waals surface area (Å²) in [5.41, 5.74) is 1.21. The molecule has 0 atom stereocenters. The number of hydrogen-bond donors (Lipinski definition) is 1. The van der Waals surface area contributed by atoms with E-state index < -0.39 is 11.4 Å². The summed E-state index contributed by atoms with van der Waals surface area (Å²) in [4.78, 5) is 24.4. The second-order valence-electron chi connectivity index (χ2n) is 8.78. The number of fused-ring (bicyclic) bond motifs is 1. The molecule has 1 aliphatic heterocycles. The van der Waals surface area contributed by atoms with Gasteiger partial charge in [-0.3, -0.25) is 14.8 Å². The molecular formula is C26H30ClN3O3S. The van der Waals surface area contributed by atoms with Crippen LogP contribution in [0, 0.1) is 5.41 Å². The Morgan fingerprint density at radius 1 is 1.24 bits per heavy atom. The van der Waals surface area contributed by atoms with Gasteiger partial charge in [-0.15, -0.1) is 11.8 Å². The molecule has 1 fully saturated rings. The molecule has 1 aromatic carbocycles. The Morgan fingerprint density at radius 2 is 2.00 bits per heavy atom. The zero-order valence-electron chi connectivity index (χ0n) is 19.4. The van der Waals surface area contributed by atoms with Gasteiger partial charge in [0.25, 0.3) is 0 Å². The van der Waals surface area contributed by atoms with E-state index in [4.69, 9.17) is 16.3 Å². The van der Waals surface area contributed by atoms with Crippen molar-refractivity contribution in [1.29, 1.82) is 0 Å². The topological polar surface area (TPSA) is 75.6 Å². The Bertz CT molecular complexity index is 1120. The van der Waals surface area contributed by atoms with Gasteiger partial charge in [-0.2, -0.15) is 0 Å². The summed E-state index contributed by atoms with van der Waals surface area (Å²) in [6, 6.07) is 9.81. The lowest BCUT2D eigenvalue weighted by atomic mass is 9.74. The number of thioether (sulfide) groups is 1. The number of hydrogen-bond acceptors (Lipinski definition) is 6. The summed E-state index contributed by atoms with van der Waals surface area (Å²) in [5, 5.41) is 11.7. The molecule has 1 aliphatic rings. The van der Waals surface area contributed by atoms with Crippen molar-refractivity contribution >= 4 is 40.2 Å². The van der Waals surface area contributed by atoms with Gasteiger partial charge >= 0.3 is 5.97 Å². The summed E-state index contributed by atoms with van der Waals surface area (Å²) in [6.07, 6.45) is 8.79. The molecule has 0 spiro atoms. The molecule has 6 nitrogen and oxygen atoms in total. The molecule has 3 aromatic rings. The number of halogens is 1. The zero-order valence-corrected chi connectivity index (χ0v) is 20.9. The minimum Gasteiger partial charge on any atom is -0.497 e. The number of aryl methyl sites for hydroxylation is 1. The largest absolute Gasteiger partial charge is 0.497 e. The van der Waals surface area contributed by atoms with Crippen molar-refractivity contribution in [2.75, 3.05) is 32.5 Å². The van der Waals surface area contributed by atoms with Crippen molar-refractivity contribution in [3.8, 4) is 5.75 Å². The fourth-order valence-corrected chi connectivity index (χ4v) is 5.83. The number of carboxylic acids is 1. The van der Waals surface area contributed by atoms with Gasteiger partial charge < -0.3 is 14.7 Å². The van der Waals surface area contributed by atoms with E-state index in [9.17, 15) is 9.90 Å². The minimum absolute atomic E-state index is 0.617. The number of aromatic nitrogens is 2. The average Bonchev–Trinajstić information content (AvgIpc) is 2.86. The van der Waals surface area contributed by atoms with Gasteiger partial charge in [0.1, 0.15) is 5.75 Å². The molecule has 1 N–H and O–H groups in total. The first-order chi connectivity index (χ1) is 16.5. The highest BCUT2D eigenvalue weighted by molar-refractivity contribution is 7.99. The molecule has 2 aromatic heterocycles. The Balaban J connectivity index is 1.34. The number of carbonyl (C=O) groups is 1. The molecule has 180 valence electrons. The molecule has 0 unspecified atom stereocenters. The Hall–Kier alpha value is -2.35. The lowest BCUT2D eigenvalue weighted by Gasteiger charge is -2.39. The lowest BCUT2D eigenvalue weighted by Crippen LogP contribution is -2.45. The van der Waals surface area contributed by atoms with E-state index >= 15 is 0 Å². The van der Waals surface area contributed by atoms with E-state index in [1.54, 1.807) is 13.3 Å². The first kappa shape index (κ1) is 24.8. The van der Waals surface area contributed by atoms with Gasteiger partial charge in [0, 0.05) is 41.2 Å². The van der Waals surface area contributed by atoms with Gasteiger partial charge in [0.2, 0.25) is 0 Å². The summed E-state index contributed by atoms with van der Waals surface area (Å²) in [6.45, 7) is 2.60. The van der Waals surface area contributed by atoms with Gasteiger partial charge in [-0.1, -0.05) is 11.6 Å². The average molecular weight is 500 g/mol. The van der Waals surface area contributed by atoms with E-state index in [2.05, 4.69) is 14.9 Å². The number of piperidine rings is 1. The molecule has 0 bridgehead atoms. The number of ether oxygens (including phenoxy) is 1. The van der Waals surface area contributed by atoms with Crippen molar-refractivity contribution < 1.29 is 14.6 Å². The standard InChI is InChI=1S/C26H30ClN3O3S/c1-33-19-4-5-24-22(17-19)21(23(27)18-29-24)3-2-8-26(25(31)32)9-13-30(14-10-26)15-16-34-20-6-11-28-12-7-20/h4-7,11-12,17-18H,2-3,8-10,13-16H2,1H3,(H,31,32). The molecule has 8 heteroatoms. The maximum atomic E-state index is 12.3. The molecule has 0 amide bonds. The van der Waals surface area contributed by atoms with Crippen molar-refractivity contribution in [2.24, 2.45) is 5.41 Å². The number of benzene rings is 1. The van der Waals surface area contributed by atoms with E-state index in [0.29, 0.717) is 30.7 Å². The van der Waals surface area contributed by atoms with Crippen molar-refractivity contribution in [3.63, 3.8) is 0 Å². The molecule has 0 radical (unpaired) electrons. The van der Waals surface area contributed by atoms with E-state index in [1.807, 2.05) is 54.5 Å². The van der Waals surface area contributed by atoms with Crippen molar-refractivity contribution in [1.82, 2.24) is 14.9 Å². The number of aliphatic carboxylic acids is 1. The molecule has 0 aliphatic carbocycles. The quantitative estimate of drug-likeness (QED) is 0.365. The highest BCUT2D eigenvalue weighted by Crippen LogP contribution is 2.38. The van der Waals surface area contributed by atoms with Crippen LogP contribution in [0.3, 0.4) is 0 Å². The normalized spacial score (nSPS) is 15.9. The third-order valence-electron chi connectivity index (χ3n) is 6.81. The monoisotopic (exact) mass is 499 g/mol. The molecular weight excluding hydrogens is 470 g/mol. The van der Waals surface area contributed by atoms with Crippen LogP contribution in [0.5, 0.6) is 5.75 Å². The zero-order chi connectivity index (χ0) is 24.0. The van der Waals surface area contributed by atoms with Crippen molar-refractivity contribution in [2.45, 2.75) is 37.0 Å². The van der Waals surface area contributed by atoms with Gasteiger partial charge in [-0.25, -0.2) is 0 Å². The summed E-state index contributed by atoms with van der Waals surface area (Å²) in [7, 11) is 1.64. The number of pyridine rings is 2. The minimum atomic E-state index is -0.675. The predicted molar refractivity (Wildman–Crippen MR) is 137 cm³/mol. The van der Waals surface area contributed by atoms with E-state index in [0.717, 1.165) is 54.0 Å². The SMILES string of the molecule is COc1ccc2ncc(Cl)c(CCCC3(C(=O)O)CCN(CCSc4ccncc4)CC3)c2c1.